The SMILES string of the molecule is CCc1ccc(C2/C(=C(/O)c3ccc(OC)c(C)c3)C(=O)C(=O)N2CCN(CC)CC)cc1. The summed E-state index contributed by atoms with van der Waals surface area (Å²) in [6.45, 7) is 10.9. The molecule has 0 spiro atoms. The monoisotopic (exact) mass is 450 g/mol. The van der Waals surface area contributed by atoms with Gasteiger partial charge in [0.1, 0.15) is 11.5 Å². The van der Waals surface area contributed by atoms with Crippen molar-refractivity contribution in [2.24, 2.45) is 0 Å². The number of amides is 1. The Kier molecular flexibility index (Phi) is 7.92. The minimum absolute atomic E-state index is 0.133. The Bertz CT molecular complexity index is 1040. The average molecular weight is 451 g/mol. The largest absolute Gasteiger partial charge is 0.507 e. The van der Waals surface area contributed by atoms with Crippen LogP contribution in [0, 0.1) is 6.92 Å². The molecule has 3 rings (SSSR count). The topological polar surface area (TPSA) is 70.1 Å². The van der Waals surface area contributed by atoms with Gasteiger partial charge in [0.05, 0.1) is 18.7 Å². The molecule has 0 radical (unpaired) electrons. The van der Waals surface area contributed by atoms with Crippen molar-refractivity contribution in [3.05, 3.63) is 70.3 Å². The first-order chi connectivity index (χ1) is 15.9. The number of hydrogen-bond donors (Lipinski definition) is 1. The lowest BCUT2D eigenvalue weighted by Crippen LogP contribution is -2.38. The van der Waals surface area contributed by atoms with Crippen LogP contribution in [0.5, 0.6) is 5.75 Å². The van der Waals surface area contributed by atoms with Gasteiger partial charge in [-0.3, -0.25) is 9.59 Å². The Morgan fingerprint density at radius 1 is 1.06 bits per heavy atom. The third-order valence-electron chi connectivity index (χ3n) is 6.46. The van der Waals surface area contributed by atoms with Crippen LogP contribution in [-0.4, -0.2) is 59.9 Å². The molecule has 0 aliphatic carbocycles. The molecule has 1 amide bonds. The number of Topliss-reactive ketones (excluding diaryl/α,β-unsaturated/α-hetero) is 1. The van der Waals surface area contributed by atoms with Crippen LogP contribution in [0.1, 0.15) is 49.1 Å². The van der Waals surface area contributed by atoms with Gasteiger partial charge >= 0.3 is 0 Å². The van der Waals surface area contributed by atoms with E-state index in [1.54, 1.807) is 30.2 Å². The van der Waals surface area contributed by atoms with E-state index in [0.717, 1.165) is 30.6 Å². The number of likely N-dealkylation sites (tertiary alicyclic amines) is 1. The van der Waals surface area contributed by atoms with Gasteiger partial charge in [0.15, 0.2) is 0 Å². The second-order valence-corrected chi connectivity index (χ2v) is 8.30. The van der Waals surface area contributed by atoms with E-state index in [4.69, 9.17) is 4.74 Å². The maximum absolute atomic E-state index is 13.2. The van der Waals surface area contributed by atoms with Crippen molar-refractivity contribution in [3.8, 4) is 5.75 Å². The number of hydrogen-bond acceptors (Lipinski definition) is 5. The molecule has 0 bridgehead atoms. The Hall–Kier alpha value is -3.12. The Labute approximate surface area is 196 Å². The molecule has 1 unspecified atom stereocenters. The van der Waals surface area contributed by atoms with Crippen molar-refractivity contribution >= 4 is 17.4 Å². The van der Waals surface area contributed by atoms with Gasteiger partial charge in [0.2, 0.25) is 0 Å². The summed E-state index contributed by atoms with van der Waals surface area (Å²) in [5, 5.41) is 11.2. The minimum Gasteiger partial charge on any atom is -0.507 e. The van der Waals surface area contributed by atoms with Crippen molar-refractivity contribution in [1.29, 1.82) is 0 Å². The van der Waals surface area contributed by atoms with E-state index >= 15 is 0 Å². The van der Waals surface area contributed by atoms with Crippen LogP contribution in [0.2, 0.25) is 0 Å². The molecular weight excluding hydrogens is 416 g/mol. The van der Waals surface area contributed by atoms with Gasteiger partial charge in [-0.1, -0.05) is 45.0 Å². The van der Waals surface area contributed by atoms with Crippen LogP contribution in [0.4, 0.5) is 0 Å². The Morgan fingerprint density at radius 3 is 2.27 bits per heavy atom. The standard InChI is InChI=1S/C27H34N2O4/c1-6-19-9-11-20(12-10-19)24-23(25(30)21-13-14-22(33-5)18(4)17-21)26(31)27(32)29(24)16-15-28(7-2)8-3/h9-14,17,24,30H,6-8,15-16H2,1-5H3/b25-23-. The van der Waals surface area contributed by atoms with Crippen LogP contribution >= 0.6 is 0 Å². The van der Waals surface area contributed by atoms with E-state index in [0.29, 0.717) is 24.4 Å². The summed E-state index contributed by atoms with van der Waals surface area (Å²) in [4.78, 5) is 30.1. The fourth-order valence-corrected chi connectivity index (χ4v) is 4.36. The molecule has 2 aromatic carbocycles. The summed E-state index contributed by atoms with van der Waals surface area (Å²) >= 11 is 0. The van der Waals surface area contributed by atoms with Crippen molar-refractivity contribution in [2.45, 2.75) is 40.2 Å². The normalized spacial score (nSPS) is 17.8. The molecule has 1 atom stereocenters. The summed E-state index contributed by atoms with van der Waals surface area (Å²) in [6, 6.07) is 12.5. The molecule has 1 aliphatic rings. The Morgan fingerprint density at radius 2 is 1.73 bits per heavy atom. The van der Waals surface area contributed by atoms with Crippen molar-refractivity contribution < 1.29 is 19.4 Å². The summed E-state index contributed by atoms with van der Waals surface area (Å²) in [5.41, 5.74) is 3.45. The van der Waals surface area contributed by atoms with Crippen molar-refractivity contribution in [3.63, 3.8) is 0 Å². The van der Waals surface area contributed by atoms with Gasteiger partial charge in [-0.05, 0) is 61.3 Å². The number of ketones is 1. The maximum atomic E-state index is 13.2. The number of rotatable bonds is 9. The lowest BCUT2D eigenvalue weighted by molar-refractivity contribution is -0.140. The molecule has 1 heterocycles. The number of aryl methyl sites for hydroxylation is 2. The zero-order chi connectivity index (χ0) is 24.1. The quantitative estimate of drug-likeness (QED) is 0.350. The third-order valence-corrected chi connectivity index (χ3v) is 6.46. The summed E-state index contributed by atoms with van der Waals surface area (Å²) in [5.74, 6) is -0.685. The highest BCUT2D eigenvalue weighted by molar-refractivity contribution is 6.46. The smallest absolute Gasteiger partial charge is 0.295 e. The lowest BCUT2D eigenvalue weighted by atomic mass is 9.94. The molecule has 2 aromatic rings. The molecule has 33 heavy (non-hydrogen) atoms. The van der Waals surface area contributed by atoms with E-state index in [-0.39, 0.29) is 11.3 Å². The average Bonchev–Trinajstić information content (AvgIpc) is 3.09. The number of nitrogens with zero attached hydrogens (tertiary/aromatic N) is 2. The zero-order valence-corrected chi connectivity index (χ0v) is 20.2. The summed E-state index contributed by atoms with van der Waals surface area (Å²) < 4.78 is 5.32. The summed E-state index contributed by atoms with van der Waals surface area (Å²) in [7, 11) is 1.59. The van der Waals surface area contributed by atoms with Crippen molar-refractivity contribution in [2.75, 3.05) is 33.3 Å². The van der Waals surface area contributed by atoms with E-state index in [1.807, 2.05) is 31.2 Å². The first-order valence-corrected chi connectivity index (χ1v) is 11.6. The van der Waals surface area contributed by atoms with Gasteiger partial charge in [-0.25, -0.2) is 0 Å². The number of aliphatic hydroxyl groups excluding tert-OH is 1. The zero-order valence-electron chi connectivity index (χ0n) is 20.2. The van der Waals surface area contributed by atoms with Gasteiger partial charge in [-0.2, -0.15) is 0 Å². The van der Waals surface area contributed by atoms with Crippen LogP contribution in [0.25, 0.3) is 5.76 Å². The first kappa shape index (κ1) is 24.5. The predicted molar refractivity (Wildman–Crippen MR) is 130 cm³/mol. The molecular formula is C27H34N2O4. The molecule has 1 N–H and O–H groups in total. The molecule has 176 valence electrons. The lowest BCUT2D eigenvalue weighted by Gasteiger charge is -2.28. The number of aliphatic hydroxyl groups is 1. The molecule has 1 fully saturated rings. The van der Waals surface area contributed by atoms with Crippen molar-refractivity contribution in [1.82, 2.24) is 9.80 Å². The second kappa shape index (κ2) is 10.7. The second-order valence-electron chi connectivity index (χ2n) is 8.30. The van der Waals surface area contributed by atoms with Crippen LogP contribution in [0.3, 0.4) is 0 Å². The Balaban J connectivity index is 2.10. The van der Waals surface area contributed by atoms with Gasteiger partial charge < -0.3 is 19.6 Å². The fraction of sp³-hybridized carbons (Fsp3) is 0.407. The molecule has 1 saturated heterocycles. The van der Waals surface area contributed by atoms with Crippen LogP contribution in [-0.2, 0) is 16.0 Å². The number of benzene rings is 2. The van der Waals surface area contributed by atoms with Crippen LogP contribution < -0.4 is 4.74 Å². The fourth-order valence-electron chi connectivity index (χ4n) is 4.36. The number of likely N-dealkylation sites (N-methyl/N-ethyl adjacent to an activating group) is 1. The number of carbonyl (C=O) groups is 2. The van der Waals surface area contributed by atoms with Crippen LogP contribution in [0.15, 0.2) is 48.0 Å². The third kappa shape index (κ3) is 4.96. The van der Waals surface area contributed by atoms with Gasteiger partial charge in [0.25, 0.3) is 11.7 Å². The summed E-state index contributed by atoms with van der Waals surface area (Å²) in [6.07, 6.45) is 0.896. The van der Waals surface area contributed by atoms with E-state index in [1.165, 1.54) is 5.56 Å². The van der Waals surface area contributed by atoms with Gasteiger partial charge in [-0.15, -0.1) is 0 Å². The van der Waals surface area contributed by atoms with Gasteiger partial charge in [0, 0.05) is 18.7 Å². The van der Waals surface area contributed by atoms with E-state index in [2.05, 4.69) is 25.7 Å². The first-order valence-electron chi connectivity index (χ1n) is 11.6. The molecule has 1 aliphatic heterocycles. The number of ether oxygens (including phenoxy) is 1. The number of carbonyl (C=O) groups excluding carboxylic acids is 2. The predicted octanol–water partition coefficient (Wildman–Crippen LogP) is 4.33. The van der Waals surface area contributed by atoms with E-state index in [9.17, 15) is 14.7 Å². The minimum atomic E-state index is -0.648. The highest BCUT2D eigenvalue weighted by Crippen LogP contribution is 2.39. The number of methoxy groups -OCH3 is 1. The highest BCUT2D eigenvalue weighted by Gasteiger charge is 2.45. The van der Waals surface area contributed by atoms with E-state index < -0.39 is 17.7 Å². The highest BCUT2D eigenvalue weighted by atomic mass is 16.5. The molecule has 0 saturated carbocycles. The molecule has 6 heteroatoms. The molecule has 0 aromatic heterocycles. The molecule has 6 nitrogen and oxygen atoms in total. The maximum Gasteiger partial charge on any atom is 0.295 e.